The third kappa shape index (κ3) is 3.54. The number of hydrogen-bond acceptors (Lipinski definition) is 3. The Hall–Kier alpha value is -0.990. The Morgan fingerprint density at radius 2 is 0.750 bits per heavy atom. The van der Waals surface area contributed by atoms with Crippen molar-refractivity contribution in [2.75, 3.05) is 0 Å². The van der Waals surface area contributed by atoms with Gasteiger partial charge in [-0.15, -0.1) is 0 Å². The maximum atomic E-state index is 11.9. The lowest BCUT2D eigenvalue weighted by atomic mass is 9.80. The van der Waals surface area contributed by atoms with E-state index in [1.807, 2.05) is 0 Å². The van der Waals surface area contributed by atoms with Gasteiger partial charge in [0.15, 0.2) is 17.3 Å². The fourth-order valence-electron chi connectivity index (χ4n) is 1.42. The lowest BCUT2D eigenvalue weighted by Crippen LogP contribution is -2.38. The summed E-state index contributed by atoms with van der Waals surface area (Å²) in [5.74, 6) is -2.66. The van der Waals surface area contributed by atoms with Crippen molar-refractivity contribution < 1.29 is 14.4 Å². The summed E-state index contributed by atoms with van der Waals surface area (Å²) in [6.07, 6.45) is 0. The molecule has 0 fully saturated rings. The van der Waals surface area contributed by atoms with E-state index in [1.54, 1.807) is 41.5 Å². The predicted molar refractivity (Wildman–Crippen MR) is 63.0 cm³/mol. The molecule has 0 spiro atoms. The van der Waals surface area contributed by atoms with Gasteiger partial charge in [-0.2, -0.15) is 0 Å². The van der Waals surface area contributed by atoms with Crippen molar-refractivity contribution in [3.05, 3.63) is 0 Å². The molecule has 0 N–H and O–H groups in total. The Bertz CT molecular complexity index is 240. The molecule has 0 aliphatic rings. The average molecular weight is 226 g/mol. The van der Waals surface area contributed by atoms with Crippen LogP contribution in [-0.4, -0.2) is 17.3 Å². The van der Waals surface area contributed by atoms with Crippen molar-refractivity contribution in [3.8, 4) is 0 Å². The number of hydrogen-bond donors (Lipinski definition) is 0. The summed E-state index contributed by atoms with van der Waals surface area (Å²) in [4.78, 5) is 35.7. The molecule has 0 atom stereocenters. The Morgan fingerprint density at radius 1 is 0.562 bits per heavy atom. The topological polar surface area (TPSA) is 51.2 Å². The highest BCUT2D eigenvalue weighted by atomic mass is 16.2. The van der Waals surface area contributed by atoms with Gasteiger partial charge >= 0.3 is 0 Å². The Kier molecular flexibility index (Phi) is 5.56. The van der Waals surface area contributed by atoms with Crippen LogP contribution in [0.25, 0.3) is 0 Å². The zero-order chi connectivity index (χ0) is 13.0. The van der Waals surface area contributed by atoms with Crippen LogP contribution < -0.4 is 0 Å². The van der Waals surface area contributed by atoms with Crippen molar-refractivity contribution in [3.63, 3.8) is 0 Å². The van der Waals surface area contributed by atoms with Crippen LogP contribution in [0.2, 0.25) is 0 Å². The second kappa shape index (κ2) is 5.92. The van der Waals surface area contributed by atoms with Crippen LogP contribution in [0.5, 0.6) is 0 Å². The molecule has 0 unspecified atom stereocenters. The first-order valence-electron chi connectivity index (χ1n) is 5.81. The quantitative estimate of drug-likeness (QED) is 0.653. The molecule has 0 radical (unpaired) electrons. The molecule has 0 aliphatic heterocycles. The van der Waals surface area contributed by atoms with Crippen LogP contribution in [0.1, 0.15) is 41.5 Å². The van der Waals surface area contributed by atoms with E-state index in [0.29, 0.717) is 0 Å². The van der Waals surface area contributed by atoms with Gasteiger partial charge in [0.25, 0.3) is 0 Å². The summed E-state index contributed by atoms with van der Waals surface area (Å²) in [5, 5.41) is 0. The molecule has 0 saturated carbocycles. The third-order valence-corrected chi connectivity index (χ3v) is 2.56. The zero-order valence-corrected chi connectivity index (χ0v) is 11.0. The summed E-state index contributed by atoms with van der Waals surface area (Å²) in [7, 11) is 0. The number of carbonyl (C=O) groups is 3. The molecule has 0 heterocycles. The van der Waals surface area contributed by atoms with E-state index < -0.39 is 5.92 Å². The van der Waals surface area contributed by atoms with Crippen LogP contribution in [0.3, 0.4) is 0 Å². The van der Waals surface area contributed by atoms with Crippen LogP contribution in [-0.2, 0) is 14.4 Å². The van der Waals surface area contributed by atoms with Gasteiger partial charge in [0.05, 0.1) is 0 Å². The minimum absolute atomic E-state index is 0.252. The molecular formula is C13H22O3. The van der Waals surface area contributed by atoms with E-state index in [1.165, 1.54) is 0 Å². The first kappa shape index (κ1) is 15.0. The van der Waals surface area contributed by atoms with E-state index in [9.17, 15) is 14.4 Å². The van der Waals surface area contributed by atoms with Crippen LogP contribution in [0.4, 0.5) is 0 Å². The highest BCUT2D eigenvalue weighted by Crippen LogP contribution is 2.18. The fourth-order valence-corrected chi connectivity index (χ4v) is 1.42. The lowest BCUT2D eigenvalue weighted by molar-refractivity contribution is -0.144. The number of ketones is 3. The predicted octanol–water partition coefficient (Wildman–Crippen LogP) is 2.28. The Morgan fingerprint density at radius 3 is 0.875 bits per heavy atom. The lowest BCUT2D eigenvalue weighted by Gasteiger charge is -2.19. The third-order valence-electron chi connectivity index (χ3n) is 2.56. The molecule has 0 aromatic carbocycles. The van der Waals surface area contributed by atoms with E-state index >= 15 is 0 Å². The molecule has 0 aliphatic carbocycles. The minimum atomic E-state index is -1.06. The monoisotopic (exact) mass is 226 g/mol. The van der Waals surface area contributed by atoms with Crippen molar-refractivity contribution in [2.24, 2.45) is 23.7 Å². The molecular weight excluding hydrogens is 204 g/mol. The molecule has 0 saturated heterocycles. The fraction of sp³-hybridized carbons (Fsp3) is 0.769. The minimum Gasteiger partial charge on any atom is -0.298 e. The number of carbonyl (C=O) groups excluding carboxylic acids is 3. The summed E-state index contributed by atoms with van der Waals surface area (Å²) in [6, 6.07) is 0. The van der Waals surface area contributed by atoms with Gasteiger partial charge in [-0.1, -0.05) is 41.5 Å². The molecule has 3 nitrogen and oxygen atoms in total. The SMILES string of the molecule is CC(C)C(=O)C(C(=O)C(C)C)C(=O)C(C)C. The molecule has 0 aromatic heterocycles. The zero-order valence-electron chi connectivity index (χ0n) is 11.0. The van der Waals surface area contributed by atoms with Crippen molar-refractivity contribution in [1.29, 1.82) is 0 Å². The second-order valence-electron chi connectivity index (χ2n) is 5.10. The van der Waals surface area contributed by atoms with Crippen molar-refractivity contribution >= 4 is 17.3 Å². The summed E-state index contributed by atoms with van der Waals surface area (Å²) >= 11 is 0. The van der Waals surface area contributed by atoms with E-state index in [2.05, 4.69) is 0 Å². The van der Waals surface area contributed by atoms with E-state index in [-0.39, 0.29) is 35.1 Å². The Labute approximate surface area is 97.6 Å². The van der Waals surface area contributed by atoms with Gasteiger partial charge in [-0.25, -0.2) is 0 Å². The van der Waals surface area contributed by atoms with Gasteiger partial charge in [0, 0.05) is 17.8 Å². The highest BCUT2D eigenvalue weighted by molar-refractivity contribution is 6.20. The van der Waals surface area contributed by atoms with Gasteiger partial charge in [-0.3, -0.25) is 14.4 Å². The highest BCUT2D eigenvalue weighted by Gasteiger charge is 2.36. The number of Topliss-reactive ketones (excluding diaryl/α,β-unsaturated/α-hetero) is 3. The summed E-state index contributed by atoms with van der Waals surface area (Å²) < 4.78 is 0. The normalized spacial score (nSPS) is 11.6. The van der Waals surface area contributed by atoms with Gasteiger partial charge in [0.2, 0.25) is 0 Å². The van der Waals surface area contributed by atoms with Gasteiger partial charge in [-0.05, 0) is 0 Å². The molecule has 92 valence electrons. The molecule has 16 heavy (non-hydrogen) atoms. The first-order chi connectivity index (χ1) is 7.20. The van der Waals surface area contributed by atoms with Crippen LogP contribution in [0, 0.1) is 23.7 Å². The largest absolute Gasteiger partial charge is 0.298 e. The van der Waals surface area contributed by atoms with Gasteiger partial charge in [0.1, 0.15) is 5.92 Å². The maximum Gasteiger partial charge on any atom is 0.153 e. The molecule has 0 bridgehead atoms. The maximum absolute atomic E-state index is 11.9. The standard InChI is InChI=1S/C13H22O3/c1-7(2)11(14)10(12(15)8(3)4)13(16)9(5)6/h7-10H,1-6H3. The van der Waals surface area contributed by atoms with E-state index in [0.717, 1.165) is 0 Å². The second-order valence-corrected chi connectivity index (χ2v) is 5.10. The number of rotatable bonds is 6. The molecule has 0 aromatic rings. The molecule has 3 heteroatoms. The van der Waals surface area contributed by atoms with Crippen LogP contribution >= 0.6 is 0 Å². The van der Waals surface area contributed by atoms with Crippen LogP contribution in [0.15, 0.2) is 0 Å². The summed E-state index contributed by atoms with van der Waals surface area (Å²) in [5.41, 5.74) is 0. The smallest absolute Gasteiger partial charge is 0.153 e. The molecule has 0 rings (SSSR count). The molecule has 0 amide bonds. The van der Waals surface area contributed by atoms with Crippen molar-refractivity contribution in [2.45, 2.75) is 41.5 Å². The van der Waals surface area contributed by atoms with Crippen molar-refractivity contribution in [1.82, 2.24) is 0 Å². The van der Waals surface area contributed by atoms with Gasteiger partial charge < -0.3 is 0 Å². The van der Waals surface area contributed by atoms with E-state index in [4.69, 9.17) is 0 Å². The average Bonchev–Trinajstić information content (AvgIpc) is 2.16. The summed E-state index contributed by atoms with van der Waals surface area (Å²) in [6.45, 7) is 10.3. The first-order valence-corrected chi connectivity index (χ1v) is 5.81. The Balaban J connectivity index is 5.14.